The molecule has 1 atom stereocenters. The van der Waals surface area contributed by atoms with Crippen LogP contribution in [0.3, 0.4) is 0 Å². The Morgan fingerprint density at radius 3 is 2.50 bits per heavy atom. The topological polar surface area (TPSA) is 58.3 Å². The average Bonchev–Trinajstić information content (AvgIpc) is 2.90. The van der Waals surface area contributed by atoms with Gasteiger partial charge in [0.2, 0.25) is 5.89 Å². The van der Waals surface area contributed by atoms with E-state index in [-0.39, 0.29) is 13.2 Å². The van der Waals surface area contributed by atoms with E-state index in [1.807, 2.05) is 0 Å². The molecule has 0 amide bonds. The average molecular weight is 314 g/mol. The van der Waals surface area contributed by atoms with E-state index < -0.39 is 17.3 Å². The molecule has 120 valence electrons. The van der Waals surface area contributed by atoms with Crippen LogP contribution in [0.25, 0.3) is 0 Å². The molecule has 0 spiro atoms. The van der Waals surface area contributed by atoms with E-state index in [4.69, 9.17) is 4.42 Å². The van der Waals surface area contributed by atoms with E-state index in [9.17, 15) is 18.3 Å². The van der Waals surface area contributed by atoms with E-state index in [1.165, 1.54) is 6.07 Å². The van der Waals surface area contributed by atoms with Crippen LogP contribution in [0, 0.1) is 6.92 Å². The summed E-state index contributed by atoms with van der Waals surface area (Å²) in [5, 5.41) is 12.6. The van der Waals surface area contributed by atoms with Crippen molar-refractivity contribution in [3.63, 3.8) is 0 Å². The number of rotatable bonds is 5. The number of nitrogens with zero attached hydrogens (tertiary/aromatic N) is 1. The number of nitrogens with one attached hydrogen (secondary N) is 1. The Balaban J connectivity index is 2.22. The van der Waals surface area contributed by atoms with Crippen LogP contribution in [-0.4, -0.2) is 16.7 Å². The first-order valence-corrected chi connectivity index (χ1v) is 6.69. The van der Waals surface area contributed by atoms with Crippen LogP contribution in [0.4, 0.5) is 13.2 Å². The number of aliphatic hydroxyl groups excluding tert-OH is 1. The maximum Gasteiger partial charge on any atom is 0.416 e. The number of aliphatic hydroxyl groups is 1. The predicted octanol–water partition coefficient (Wildman–Crippen LogP) is 3.00. The molecule has 4 nitrogen and oxygen atoms in total. The highest BCUT2D eigenvalue weighted by Gasteiger charge is 2.33. The summed E-state index contributed by atoms with van der Waals surface area (Å²) in [5.41, 5.74) is -1.45. The standard InChI is InChI=1S/C15H17F3N2O2/c1-10-7-19-13(22-10)8-20-14(2,9-21)11-4-3-5-12(6-11)15(16,17)18/h3-7,20-21H,8-9H2,1-2H3/t14-/m1/s1. The Labute approximate surface area is 126 Å². The van der Waals surface area contributed by atoms with Crippen LogP contribution in [0.15, 0.2) is 34.9 Å². The van der Waals surface area contributed by atoms with Gasteiger partial charge in [0.25, 0.3) is 0 Å². The van der Waals surface area contributed by atoms with Crippen molar-refractivity contribution in [1.82, 2.24) is 10.3 Å². The Morgan fingerprint density at radius 2 is 1.95 bits per heavy atom. The third kappa shape index (κ3) is 3.66. The quantitative estimate of drug-likeness (QED) is 0.891. The molecule has 22 heavy (non-hydrogen) atoms. The third-order valence-corrected chi connectivity index (χ3v) is 3.44. The van der Waals surface area contributed by atoms with Crippen molar-refractivity contribution in [2.45, 2.75) is 32.1 Å². The minimum atomic E-state index is -4.42. The molecule has 0 aliphatic heterocycles. The SMILES string of the molecule is Cc1cnc(CN[C@](C)(CO)c2cccc(C(F)(F)F)c2)o1. The van der Waals surface area contributed by atoms with Gasteiger partial charge >= 0.3 is 6.18 Å². The van der Waals surface area contributed by atoms with Gasteiger partial charge in [-0.1, -0.05) is 12.1 Å². The van der Waals surface area contributed by atoms with Gasteiger partial charge in [-0.2, -0.15) is 13.2 Å². The lowest BCUT2D eigenvalue weighted by Gasteiger charge is -2.29. The largest absolute Gasteiger partial charge is 0.445 e. The van der Waals surface area contributed by atoms with Crippen molar-refractivity contribution < 1.29 is 22.7 Å². The van der Waals surface area contributed by atoms with Gasteiger partial charge in [-0.3, -0.25) is 5.32 Å². The van der Waals surface area contributed by atoms with E-state index in [0.717, 1.165) is 12.1 Å². The maximum absolute atomic E-state index is 12.8. The van der Waals surface area contributed by atoms with Gasteiger partial charge < -0.3 is 9.52 Å². The summed E-state index contributed by atoms with van der Waals surface area (Å²) in [6.07, 6.45) is -2.87. The van der Waals surface area contributed by atoms with Crippen LogP contribution in [0.1, 0.15) is 29.7 Å². The van der Waals surface area contributed by atoms with E-state index >= 15 is 0 Å². The molecule has 0 radical (unpaired) electrons. The summed E-state index contributed by atoms with van der Waals surface area (Å²) in [6, 6.07) is 4.89. The first-order valence-electron chi connectivity index (χ1n) is 6.69. The summed E-state index contributed by atoms with van der Waals surface area (Å²) in [6.45, 7) is 3.20. The summed E-state index contributed by atoms with van der Waals surface area (Å²) >= 11 is 0. The number of hydrogen-bond donors (Lipinski definition) is 2. The number of aryl methyl sites for hydroxylation is 1. The lowest BCUT2D eigenvalue weighted by Crippen LogP contribution is -2.42. The first-order chi connectivity index (χ1) is 10.2. The fourth-order valence-electron chi connectivity index (χ4n) is 2.04. The number of alkyl halides is 3. The molecular formula is C15H17F3N2O2. The van der Waals surface area contributed by atoms with Crippen LogP contribution in [0.2, 0.25) is 0 Å². The second-order valence-corrected chi connectivity index (χ2v) is 5.29. The Hall–Kier alpha value is -1.86. The molecule has 0 fully saturated rings. The summed E-state index contributed by atoms with van der Waals surface area (Å²) in [4.78, 5) is 4.01. The second-order valence-electron chi connectivity index (χ2n) is 5.29. The number of oxazole rings is 1. The molecule has 2 aromatic rings. The molecule has 1 aromatic carbocycles. The molecule has 0 aliphatic rings. The van der Waals surface area contributed by atoms with Crippen LogP contribution in [-0.2, 0) is 18.3 Å². The minimum Gasteiger partial charge on any atom is -0.445 e. The zero-order valence-electron chi connectivity index (χ0n) is 12.2. The van der Waals surface area contributed by atoms with Gasteiger partial charge in [-0.25, -0.2) is 4.98 Å². The molecule has 7 heteroatoms. The normalized spacial score (nSPS) is 14.8. The molecular weight excluding hydrogens is 297 g/mol. The lowest BCUT2D eigenvalue weighted by molar-refractivity contribution is -0.137. The number of hydrogen-bond acceptors (Lipinski definition) is 4. The highest BCUT2D eigenvalue weighted by atomic mass is 19.4. The number of aromatic nitrogens is 1. The van der Waals surface area contributed by atoms with Crippen molar-refractivity contribution in [2.75, 3.05) is 6.61 Å². The van der Waals surface area contributed by atoms with Crippen molar-refractivity contribution >= 4 is 0 Å². The Morgan fingerprint density at radius 1 is 1.27 bits per heavy atom. The minimum absolute atomic E-state index is 0.196. The van der Waals surface area contributed by atoms with Crippen LogP contribution >= 0.6 is 0 Å². The Kier molecular flexibility index (Phi) is 4.58. The van der Waals surface area contributed by atoms with Crippen molar-refractivity contribution in [1.29, 1.82) is 0 Å². The van der Waals surface area contributed by atoms with Gasteiger partial charge in [0.15, 0.2) is 0 Å². The number of benzene rings is 1. The molecule has 1 heterocycles. The summed E-state index contributed by atoms with van der Waals surface area (Å²) in [7, 11) is 0. The first kappa shape index (κ1) is 16.5. The zero-order valence-corrected chi connectivity index (χ0v) is 12.2. The van der Waals surface area contributed by atoms with Crippen molar-refractivity contribution in [3.05, 3.63) is 53.2 Å². The molecule has 0 saturated heterocycles. The highest BCUT2D eigenvalue weighted by molar-refractivity contribution is 5.31. The lowest BCUT2D eigenvalue weighted by atomic mass is 9.91. The van der Waals surface area contributed by atoms with Gasteiger partial charge in [-0.05, 0) is 31.5 Å². The molecule has 0 unspecified atom stereocenters. The Bertz CT molecular complexity index is 640. The second kappa shape index (κ2) is 6.10. The van der Waals surface area contributed by atoms with E-state index in [1.54, 1.807) is 26.1 Å². The fraction of sp³-hybridized carbons (Fsp3) is 0.400. The maximum atomic E-state index is 12.8. The molecule has 0 aliphatic carbocycles. The highest BCUT2D eigenvalue weighted by Crippen LogP contribution is 2.32. The summed E-state index contributed by atoms with van der Waals surface area (Å²) in [5.74, 6) is 1.05. The van der Waals surface area contributed by atoms with Crippen LogP contribution in [0.5, 0.6) is 0 Å². The van der Waals surface area contributed by atoms with Gasteiger partial charge in [0, 0.05) is 0 Å². The molecule has 0 bridgehead atoms. The smallest absolute Gasteiger partial charge is 0.416 e. The van der Waals surface area contributed by atoms with Gasteiger partial charge in [0.05, 0.1) is 30.5 Å². The number of halogens is 3. The van der Waals surface area contributed by atoms with Gasteiger partial charge in [-0.15, -0.1) is 0 Å². The molecule has 2 N–H and O–H groups in total. The van der Waals surface area contributed by atoms with Crippen molar-refractivity contribution in [3.8, 4) is 0 Å². The molecule has 1 aromatic heterocycles. The molecule has 0 saturated carbocycles. The van der Waals surface area contributed by atoms with E-state index in [2.05, 4.69) is 10.3 Å². The van der Waals surface area contributed by atoms with E-state index in [0.29, 0.717) is 17.2 Å². The monoisotopic (exact) mass is 314 g/mol. The van der Waals surface area contributed by atoms with Crippen LogP contribution < -0.4 is 5.32 Å². The predicted molar refractivity (Wildman–Crippen MR) is 74.0 cm³/mol. The molecule has 2 rings (SSSR count). The summed E-state index contributed by atoms with van der Waals surface area (Å²) < 4.78 is 43.7. The van der Waals surface area contributed by atoms with Crippen molar-refractivity contribution in [2.24, 2.45) is 0 Å². The van der Waals surface area contributed by atoms with Gasteiger partial charge in [0.1, 0.15) is 5.76 Å². The zero-order chi connectivity index (χ0) is 16.4. The fourth-order valence-corrected chi connectivity index (χ4v) is 2.04. The third-order valence-electron chi connectivity index (χ3n) is 3.44.